The highest BCUT2D eigenvalue weighted by Crippen LogP contribution is 2.62. The molecule has 0 aromatic carbocycles. The van der Waals surface area contributed by atoms with Gasteiger partial charge in [-0.05, 0) is 62.4 Å². The molecule has 0 amide bonds. The van der Waals surface area contributed by atoms with Crippen molar-refractivity contribution in [1.82, 2.24) is 0 Å². The molecular weight excluding hydrogens is 248 g/mol. The molecule has 2 aliphatic rings. The summed E-state index contributed by atoms with van der Waals surface area (Å²) in [5.41, 5.74) is -0.244. The molecule has 0 aromatic heterocycles. The number of hydrogen-bond acceptors (Lipinski definition) is 2. The summed E-state index contributed by atoms with van der Waals surface area (Å²) in [5, 5.41) is 10.9. The van der Waals surface area contributed by atoms with E-state index in [1.54, 1.807) is 13.0 Å². The first-order chi connectivity index (χ1) is 9.09. The number of ketones is 1. The molecule has 0 unspecified atom stereocenters. The zero-order chi connectivity index (χ0) is 15.2. The third kappa shape index (κ3) is 2.59. The van der Waals surface area contributed by atoms with E-state index in [0.29, 0.717) is 11.3 Å². The normalized spacial score (nSPS) is 44.3. The van der Waals surface area contributed by atoms with Crippen LogP contribution in [0.25, 0.3) is 0 Å². The Morgan fingerprint density at radius 1 is 1.15 bits per heavy atom. The van der Waals surface area contributed by atoms with Crippen molar-refractivity contribution >= 4 is 5.78 Å². The first-order valence-corrected chi connectivity index (χ1v) is 8.01. The fourth-order valence-corrected chi connectivity index (χ4v) is 5.22. The molecule has 0 heterocycles. The molecule has 0 radical (unpaired) electrons. The summed E-state index contributed by atoms with van der Waals surface area (Å²) >= 11 is 0. The summed E-state index contributed by atoms with van der Waals surface area (Å²) in [7, 11) is 0. The number of carbonyl (C=O) groups is 1. The Hall–Kier alpha value is -0.630. The molecule has 0 bridgehead atoms. The van der Waals surface area contributed by atoms with Crippen LogP contribution in [0.4, 0.5) is 0 Å². The van der Waals surface area contributed by atoms with Crippen LogP contribution in [0.1, 0.15) is 66.7 Å². The second-order valence-electron chi connectivity index (χ2n) is 8.24. The maximum atomic E-state index is 11.3. The molecule has 4 atom stereocenters. The smallest absolute Gasteiger partial charge is 0.152 e. The Morgan fingerprint density at radius 2 is 1.80 bits per heavy atom. The van der Waals surface area contributed by atoms with Crippen molar-refractivity contribution in [3.8, 4) is 0 Å². The summed E-state index contributed by atoms with van der Waals surface area (Å²) in [6, 6.07) is 0. The largest absolute Gasteiger partial charge is 0.390 e. The number of carbonyl (C=O) groups excluding carboxylic acids is 1. The van der Waals surface area contributed by atoms with Crippen LogP contribution in [0.3, 0.4) is 0 Å². The van der Waals surface area contributed by atoms with Crippen molar-refractivity contribution in [3.63, 3.8) is 0 Å². The van der Waals surface area contributed by atoms with Crippen LogP contribution in [0.5, 0.6) is 0 Å². The van der Waals surface area contributed by atoms with E-state index in [0.717, 1.165) is 19.3 Å². The summed E-state index contributed by atoms with van der Waals surface area (Å²) < 4.78 is 0. The van der Waals surface area contributed by atoms with Crippen LogP contribution in [-0.4, -0.2) is 16.5 Å². The fourth-order valence-electron chi connectivity index (χ4n) is 5.22. The number of hydrogen-bond donors (Lipinski definition) is 1. The fraction of sp³-hybridized carbons (Fsp3) is 0.833. The van der Waals surface area contributed by atoms with Crippen LogP contribution in [0, 0.1) is 22.7 Å². The van der Waals surface area contributed by atoms with E-state index in [2.05, 4.69) is 20.8 Å². The molecule has 2 fully saturated rings. The standard InChI is InChI=1S/C18H30O2/c1-13(19)7-8-15-17(4)11-6-10-16(2,3)14(17)9-12-18(15,5)20/h7-8,14-15,20H,6,9-12H2,1-5H3/b8-7+/t14-,15+,17-,18+/m0/s1. The Bertz CT molecular complexity index is 419. The first-order valence-electron chi connectivity index (χ1n) is 8.01. The highest BCUT2D eigenvalue weighted by Gasteiger charge is 2.57. The van der Waals surface area contributed by atoms with Crippen LogP contribution >= 0.6 is 0 Å². The van der Waals surface area contributed by atoms with Crippen molar-refractivity contribution < 1.29 is 9.90 Å². The van der Waals surface area contributed by atoms with E-state index in [4.69, 9.17) is 0 Å². The zero-order valence-electron chi connectivity index (χ0n) is 13.7. The minimum absolute atomic E-state index is 0.0709. The number of fused-ring (bicyclic) bond motifs is 1. The lowest BCUT2D eigenvalue weighted by Crippen LogP contribution is -2.56. The van der Waals surface area contributed by atoms with Gasteiger partial charge in [0.1, 0.15) is 0 Å². The Morgan fingerprint density at radius 3 is 2.40 bits per heavy atom. The SMILES string of the molecule is CC(=O)/C=C/[C@@H]1[C@@]2(C)CCCC(C)(C)[C@@H]2CC[C@@]1(C)O. The van der Waals surface area contributed by atoms with E-state index in [9.17, 15) is 9.90 Å². The summed E-state index contributed by atoms with van der Waals surface area (Å²) in [5.74, 6) is 0.782. The van der Waals surface area contributed by atoms with Crippen molar-refractivity contribution in [2.24, 2.45) is 22.7 Å². The second kappa shape index (κ2) is 4.98. The van der Waals surface area contributed by atoms with Crippen LogP contribution in [-0.2, 0) is 4.79 Å². The van der Waals surface area contributed by atoms with Crippen LogP contribution in [0.15, 0.2) is 12.2 Å². The lowest BCUT2D eigenvalue weighted by atomic mass is 9.45. The van der Waals surface area contributed by atoms with Crippen LogP contribution < -0.4 is 0 Å². The highest BCUT2D eigenvalue weighted by molar-refractivity contribution is 5.87. The van der Waals surface area contributed by atoms with Crippen molar-refractivity contribution in [3.05, 3.63) is 12.2 Å². The first kappa shape index (κ1) is 15.8. The molecule has 1 N–H and O–H groups in total. The summed E-state index contributed by atoms with van der Waals surface area (Å²) in [4.78, 5) is 11.3. The second-order valence-corrected chi connectivity index (χ2v) is 8.24. The Kier molecular flexibility index (Phi) is 3.92. The molecule has 0 aromatic rings. The van der Waals surface area contributed by atoms with Gasteiger partial charge in [-0.3, -0.25) is 4.79 Å². The molecule has 114 valence electrons. The minimum atomic E-state index is -0.690. The third-order valence-corrected chi connectivity index (χ3v) is 6.12. The average Bonchev–Trinajstić information content (AvgIpc) is 2.25. The van der Waals surface area contributed by atoms with Gasteiger partial charge in [0.15, 0.2) is 5.78 Å². The molecule has 2 saturated carbocycles. The number of rotatable bonds is 2. The van der Waals surface area contributed by atoms with E-state index in [1.165, 1.54) is 12.8 Å². The monoisotopic (exact) mass is 278 g/mol. The third-order valence-electron chi connectivity index (χ3n) is 6.12. The van der Waals surface area contributed by atoms with Gasteiger partial charge in [0.2, 0.25) is 0 Å². The van der Waals surface area contributed by atoms with Gasteiger partial charge in [-0.2, -0.15) is 0 Å². The number of allylic oxidation sites excluding steroid dienone is 1. The van der Waals surface area contributed by atoms with E-state index in [-0.39, 0.29) is 17.1 Å². The predicted octanol–water partition coefficient (Wildman–Crippen LogP) is 4.13. The van der Waals surface area contributed by atoms with Gasteiger partial charge in [-0.1, -0.05) is 33.3 Å². The van der Waals surface area contributed by atoms with Gasteiger partial charge in [0, 0.05) is 5.92 Å². The maximum absolute atomic E-state index is 11.3. The van der Waals surface area contributed by atoms with Crippen molar-refractivity contribution in [1.29, 1.82) is 0 Å². The molecular formula is C18H30O2. The molecule has 0 spiro atoms. The number of aliphatic hydroxyl groups is 1. The summed E-state index contributed by atoms with van der Waals surface area (Å²) in [6.07, 6.45) is 9.25. The lowest BCUT2D eigenvalue weighted by Gasteiger charge is -2.60. The quantitative estimate of drug-likeness (QED) is 0.771. The van der Waals surface area contributed by atoms with Gasteiger partial charge in [0.05, 0.1) is 5.60 Å². The van der Waals surface area contributed by atoms with Gasteiger partial charge in [-0.25, -0.2) is 0 Å². The zero-order valence-corrected chi connectivity index (χ0v) is 13.7. The Labute approximate surface area is 123 Å². The maximum Gasteiger partial charge on any atom is 0.152 e. The molecule has 0 aliphatic heterocycles. The van der Waals surface area contributed by atoms with Crippen molar-refractivity contribution in [2.75, 3.05) is 0 Å². The minimum Gasteiger partial charge on any atom is -0.390 e. The Balaban J connectivity index is 2.40. The highest BCUT2D eigenvalue weighted by atomic mass is 16.3. The molecule has 2 heteroatoms. The van der Waals surface area contributed by atoms with E-state index >= 15 is 0 Å². The molecule has 0 saturated heterocycles. The topological polar surface area (TPSA) is 37.3 Å². The molecule has 2 nitrogen and oxygen atoms in total. The molecule has 2 rings (SSSR count). The lowest BCUT2D eigenvalue weighted by molar-refractivity contribution is -0.149. The van der Waals surface area contributed by atoms with Crippen molar-refractivity contribution in [2.45, 2.75) is 72.3 Å². The van der Waals surface area contributed by atoms with E-state index < -0.39 is 5.60 Å². The van der Waals surface area contributed by atoms with Gasteiger partial charge < -0.3 is 5.11 Å². The molecule has 20 heavy (non-hydrogen) atoms. The summed E-state index contributed by atoms with van der Waals surface area (Å²) in [6.45, 7) is 10.6. The molecule has 2 aliphatic carbocycles. The average molecular weight is 278 g/mol. The van der Waals surface area contributed by atoms with Gasteiger partial charge in [-0.15, -0.1) is 0 Å². The van der Waals surface area contributed by atoms with Gasteiger partial charge in [0.25, 0.3) is 0 Å². The van der Waals surface area contributed by atoms with E-state index in [1.807, 2.05) is 13.0 Å². The van der Waals surface area contributed by atoms with Crippen LogP contribution in [0.2, 0.25) is 0 Å². The predicted molar refractivity (Wildman–Crippen MR) is 82.4 cm³/mol. The van der Waals surface area contributed by atoms with Gasteiger partial charge >= 0.3 is 0 Å².